The van der Waals surface area contributed by atoms with Gasteiger partial charge in [-0.2, -0.15) is 0 Å². The summed E-state index contributed by atoms with van der Waals surface area (Å²) in [5.74, 6) is 0.194. The van der Waals surface area contributed by atoms with Crippen molar-refractivity contribution in [3.05, 3.63) is 37.0 Å². The number of hydrogen-bond donors (Lipinski definition) is 1. The molecule has 0 spiro atoms. The van der Waals surface area contributed by atoms with Crippen molar-refractivity contribution in [2.45, 2.75) is 44.8 Å². The van der Waals surface area contributed by atoms with Gasteiger partial charge in [-0.05, 0) is 45.6 Å². The van der Waals surface area contributed by atoms with E-state index in [-0.39, 0.29) is 18.1 Å². The van der Waals surface area contributed by atoms with Crippen LogP contribution in [-0.4, -0.2) is 38.4 Å². The summed E-state index contributed by atoms with van der Waals surface area (Å²) in [6.07, 6.45) is 10.8. The van der Waals surface area contributed by atoms with E-state index >= 15 is 0 Å². The normalized spacial score (nSPS) is 29.1. The van der Waals surface area contributed by atoms with Gasteiger partial charge in [0.15, 0.2) is 0 Å². The van der Waals surface area contributed by atoms with E-state index in [2.05, 4.69) is 36.7 Å². The number of allylic oxidation sites excluding steroid dienone is 4. The van der Waals surface area contributed by atoms with Crippen molar-refractivity contribution in [1.29, 1.82) is 0 Å². The van der Waals surface area contributed by atoms with Crippen molar-refractivity contribution in [1.82, 2.24) is 5.32 Å². The van der Waals surface area contributed by atoms with E-state index in [0.29, 0.717) is 19.1 Å². The average molecular weight is 307 g/mol. The standard InChI is InChI=1S/C16H25NO3.C2H4/c1-12-8-14(9-13-6-4-3-5-7-13)10-19-11-15(17-2)16(18)20-12;1-2/h4,6-7,12,14-15,17H,3,5,8-11H2,1-2H3;1-2H2/t12?,14?,15-;/m0./s1. The molecule has 2 aliphatic rings. The molecule has 0 aromatic rings. The molecule has 0 aromatic heterocycles. The third kappa shape index (κ3) is 6.16. The van der Waals surface area contributed by atoms with E-state index in [1.807, 2.05) is 6.92 Å². The van der Waals surface area contributed by atoms with Crippen molar-refractivity contribution in [3.8, 4) is 0 Å². The molecule has 1 heterocycles. The molecule has 2 unspecified atom stereocenters. The van der Waals surface area contributed by atoms with Crippen LogP contribution in [0.2, 0.25) is 0 Å². The number of carbonyl (C=O) groups is 1. The molecule has 2 rings (SSSR count). The molecule has 0 aromatic carbocycles. The lowest BCUT2D eigenvalue weighted by molar-refractivity contribution is -0.151. The molecule has 4 nitrogen and oxygen atoms in total. The van der Waals surface area contributed by atoms with Gasteiger partial charge in [0.1, 0.15) is 6.04 Å². The largest absolute Gasteiger partial charge is 0.461 e. The smallest absolute Gasteiger partial charge is 0.325 e. The molecule has 0 amide bonds. The SMILES string of the molecule is C=C.CN[C@H]1COCC(CC2=CCCC=C2)CC(C)OC1=O. The Morgan fingerprint density at radius 1 is 1.32 bits per heavy atom. The van der Waals surface area contributed by atoms with E-state index in [9.17, 15) is 4.79 Å². The first-order valence-corrected chi connectivity index (χ1v) is 8.00. The summed E-state index contributed by atoms with van der Waals surface area (Å²) in [5.41, 5.74) is 1.38. The molecule has 1 saturated heterocycles. The molecule has 1 aliphatic heterocycles. The van der Waals surface area contributed by atoms with Gasteiger partial charge in [-0.3, -0.25) is 4.79 Å². The van der Waals surface area contributed by atoms with Gasteiger partial charge in [-0.1, -0.05) is 23.8 Å². The molecule has 1 fully saturated rings. The van der Waals surface area contributed by atoms with Gasteiger partial charge >= 0.3 is 5.97 Å². The molecular weight excluding hydrogens is 278 g/mol. The average Bonchev–Trinajstić information content (AvgIpc) is 2.59. The lowest BCUT2D eigenvalue weighted by Crippen LogP contribution is -2.40. The first-order chi connectivity index (χ1) is 10.7. The van der Waals surface area contributed by atoms with Crippen molar-refractivity contribution in [2.24, 2.45) is 5.92 Å². The van der Waals surface area contributed by atoms with E-state index in [4.69, 9.17) is 9.47 Å². The van der Waals surface area contributed by atoms with Gasteiger partial charge < -0.3 is 14.8 Å². The molecule has 3 atom stereocenters. The maximum absolute atomic E-state index is 11.9. The molecule has 124 valence electrons. The highest BCUT2D eigenvalue weighted by Gasteiger charge is 2.25. The highest BCUT2D eigenvalue weighted by molar-refractivity contribution is 5.76. The van der Waals surface area contributed by atoms with E-state index in [1.54, 1.807) is 7.05 Å². The second kappa shape index (κ2) is 10.4. The predicted octanol–water partition coefficient (Wildman–Crippen LogP) is 3.01. The fourth-order valence-electron chi connectivity index (χ4n) is 2.78. The fraction of sp³-hybridized carbons (Fsp3) is 0.611. The van der Waals surface area contributed by atoms with Gasteiger partial charge in [0.2, 0.25) is 0 Å². The van der Waals surface area contributed by atoms with Gasteiger partial charge in [0.05, 0.1) is 12.7 Å². The number of hydrogen-bond acceptors (Lipinski definition) is 4. The Morgan fingerprint density at radius 2 is 2.09 bits per heavy atom. The van der Waals surface area contributed by atoms with Crippen molar-refractivity contribution < 1.29 is 14.3 Å². The molecule has 22 heavy (non-hydrogen) atoms. The zero-order chi connectivity index (χ0) is 16.4. The van der Waals surface area contributed by atoms with Crippen molar-refractivity contribution in [2.75, 3.05) is 20.3 Å². The van der Waals surface area contributed by atoms with Gasteiger partial charge in [0, 0.05) is 6.61 Å². The van der Waals surface area contributed by atoms with Gasteiger partial charge in [-0.25, -0.2) is 0 Å². The lowest BCUT2D eigenvalue weighted by atomic mass is 9.92. The third-order valence-corrected chi connectivity index (χ3v) is 3.85. The fourth-order valence-corrected chi connectivity index (χ4v) is 2.78. The number of likely N-dealkylation sites (N-methyl/N-ethyl adjacent to an activating group) is 1. The minimum Gasteiger partial charge on any atom is -0.461 e. The van der Waals surface area contributed by atoms with Crippen molar-refractivity contribution >= 4 is 5.97 Å². The highest BCUT2D eigenvalue weighted by atomic mass is 16.5. The van der Waals surface area contributed by atoms with Crippen LogP contribution in [-0.2, 0) is 14.3 Å². The van der Waals surface area contributed by atoms with Crippen LogP contribution < -0.4 is 5.32 Å². The molecule has 1 N–H and O–H groups in total. The highest BCUT2D eigenvalue weighted by Crippen LogP contribution is 2.24. The topological polar surface area (TPSA) is 47.6 Å². The quantitative estimate of drug-likeness (QED) is 0.643. The van der Waals surface area contributed by atoms with Crippen LogP contribution in [0.25, 0.3) is 0 Å². The second-order valence-corrected chi connectivity index (χ2v) is 5.69. The minimum absolute atomic E-state index is 0.0572. The zero-order valence-electron chi connectivity index (χ0n) is 13.8. The van der Waals surface area contributed by atoms with E-state index in [1.165, 1.54) is 5.57 Å². The van der Waals surface area contributed by atoms with Crippen LogP contribution in [0.5, 0.6) is 0 Å². The summed E-state index contributed by atoms with van der Waals surface area (Å²) in [6.45, 7) is 9.03. The van der Waals surface area contributed by atoms with Gasteiger partial charge in [-0.15, -0.1) is 13.2 Å². The zero-order valence-corrected chi connectivity index (χ0v) is 13.8. The maximum Gasteiger partial charge on any atom is 0.325 e. The Balaban J connectivity index is 0.00000116. The molecule has 1 aliphatic carbocycles. The van der Waals surface area contributed by atoms with Crippen LogP contribution in [0.1, 0.15) is 32.6 Å². The minimum atomic E-state index is -0.356. The molecule has 4 heteroatoms. The number of cyclic esters (lactones) is 1. The predicted molar refractivity (Wildman–Crippen MR) is 89.7 cm³/mol. The summed E-state index contributed by atoms with van der Waals surface area (Å²) in [4.78, 5) is 11.9. The lowest BCUT2D eigenvalue weighted by Gasteiger charge is -2.20. The summed E-state index contributed by atoms with van der Waals surface area (Å²) in [6, 6.07) is -0.356. The number of ether oxygens (including phenoxy) is 2. The third-order valence-electron chi connectivity index (χ3n) is 3.85. The van der Waals surface area contributed by atoms with Crippen molar-refractivity contribution in [3.63, 3.8) is 0 Å². The summed E-state index contributed by atoms with van der Waals surface area (Å²) >= 11 is 0. The number of esters is 1. The molecular formula is C18H29NO3. The van der Waals surface area contributed by atoms with Crippen LogP contribution in [0.15, 0.2) is 37.0 Å². The van der Waals surface area contributed by atoms with Crippen LogP contribution in [0.4, 0.5) is 0 Å². The number of carbonyl (C=O) groups excluding carboxylic acids is 1. The van der Waals surface area contributed by atoms with Crippen LogP contribution in [0.3, 0.4) is 0 Å². The van der Waals surface area contributed by atoms with E-state index in [0.717, 1.165) is 25.7 Å². The van der Waals surface area contributed by atoms with Crippen LogP contribution >= 0.6 is 0 Å². The molecule has 0 bridgehead atoms. The molecule has 0 radical (unpaired) electrons. The Hall–Kier alpha value is -1.39. The monoisotopic (exact) mass is 307 g/mol. The summed E-state index contributed by atoms with van der Waals surface area (Å²) < 4.78 is 11.2. The first-order valence-electron chi connectivity index (χ1n) is 8.00. The summed E-state index contributed by atoms with van der Waals surface area (Å²) in [5, 5.41) is 2.94. The first kappa shape index (κ1) is 18.7. The van der Waals surface area contributed by atoms with E-state index < -0.39 is 0 Å². The number of rotatable bonds is 3. The summed E-state index contributed by atoms with van der Waals surface area (Å²) in [7, 11) is 1.76. The second-order valence-electron chi connectivity index (χ2n) is 5.69. The number of nitrogens with one attached hydrogen (secondary N) is 1. The Bertz CT molecular complexity index is 403. The molecule has 0 saturated carbocycles. The Kier molecular flexibility index (Phi) is 8.78. The maximum atomic E-state index is 11.9. The van der Waals surface area contributed by atoms with Gasteiger partial charge in [0.25, 0.3) is 0 Å². The Morgan fingerprint density at radius 3 is 2.73 bits per heavy atom. The van der Waals surface area contributed by atoms with Crippen LogP contribution in [0, 0.1) is 5.92 Å². The Labute approximate surface area is 134 Å².